The van der Waals surface area contributed by atoms with Crippen LogP contribution < -0.4 is 5.06 Å². The van der Waals surface area contributed by atoms with Crippen molar-refractivity contribution in [3.8, 4) is 0 Å². The summed E-state index contributed by atoms with van der Waals surface area (Å²) >= 11 is 1.28. The predicted molar refractivity (Wildman–Crippen MR) is 44.0 cm³/mol. The molecule has 1 fully saturated rings. The highest BCUT2D eigenvalue weighted by Crippen LogP contribution is 2.20. The fourth-order valence-corrected chi connectivity index (χ4v) is 1.64. The summed E-state index contributed by atoms with van der Waals surface area (Å²) in [5.74, 6) is 0.736. The van der Waals surface area contributed by atoms with Gasteiger partial charge in [0.1, 0.15) is 12.4 Å². The van der Waals surface area contributed by atoms with Gasteiger partial charge >= 0.3 is 0 Å². The highest BCUT2D eigenvalue weighted by atomic mass is 32.1. The van der Waals surface area contributed by atoms with Gasteiger partial charge in [0.05, 0.1) is 12.6 Å². The third-order valence-corrected chi connectivity index (χ3v) is 2.34. The Morgan fingerprint density at radius 2 is 2.58 bits per heavy atom. The number of aromatic nitrogens is 2. The molecule has 0 spiro atoms. The van der Waals surface area contributed by atoms with Crippen LogP contribution in [0.2, 0.25) is 0 Å². The van der Waals surface area contributed by atoms with Crippen molar-refractivity contribution in [2.75, 3.05) is 18.2 Å². The zero-order valence-corrected chi connectivity index (χ0v) is 7.41. The Kier molecular flexibility index (Phi) is 1.95. The topological polar surface area (TPSA) is 58.5 Å². The van der Waals surface area contributed by atoms with Gasteiger partial charge in [0, 0.05) is 11.5 Å². The Labute approximate surface area is 73.7 Å². The summed E-state index contributed by atoms with van der Waals surface area (Å²) in [7, 11) is 0. The van der Waals surface area contributed by atoms with Gasteiger partial charge in [-0.3, -0.25) is 4.84 Å². The molecular formula is C6H9N3O2S. The van der Waals surface area contributed by atoms with E-state index in [1.165, 1.54) is 11.5 Å². The summed E-state index contributed by atoms with van der Waals surface area (Å²) in [6.45, 7) is 2.65. The molecule has 1 atom stereocenters. The van der Waals surface area contributed by atoms with Crippen LogP contribution >= 0.6 is 11.5 Å². The molecule has 0 radical (unpaired) electrons. The number of aliphatic hydroxyl groups excluding tert-OH is 1. The van der Waals surface area contributed by atoms with Crippen molar-refractivity contribution in [3.05, 3.63) is 5.82 Å². The van der Waals surface area contributed by atoms with E-state index in [9.17, 15) is 0 Å². The normalized spacial score (nSPS) is 23.5. The van der Waals surface area contributed by atoms with E-state index in [0.29, 0.717) is 18.3 Å². The van der Waals surface area contributed by atoms with Crippen LogP contribution in [0.25, 0.3) is 0 Å². The van der Waals surface area contributed by atoms with E-state index in [4.69, 9.17) is 9.94 Å². The Hall–Kier alpha value is -0.720. The van der Waals surface area contributed by atoms with E-state index < -0.39 is 6.10 Å². The SMILES string of the molecule is Cc1nsc(N2CC(O)CO2)n1. The van der Waals surface area contributed by atoms with Crippen molar-refractivity contribution in [2.45, 2.75) is 13.0 Å². The molecular weight excluding hydrogens is 178 g/mol. The highest BCUT2D eigenvalue weighted by Gasteiger charge is 2.24. The maximum absolute atomic E-state index is 9.16. The third-order valence-electron chi connectivity index (χ3n) is 1.53. The van der Waals surface area contributed by atoms with Crippen LogP contribution in [-0.2, 0) is 4.84 Å². The molecule has 1 aliphatic heterocycles. The van der Waals surface area contributed by atoms with Gasteiger partial charge in [0.2, 0.25) is 5.13 Å². The number of hydrogen-bond donors (Lipinski definition) is 1. The molecule has 0 bridgehead atoms. The van der Waals surface area contributed by atoms with Gasteiger partial charge < -0.3 is 5.11 Å². The number of aryl methyl sites for hydroxylation is 1. The molecule has 6 heteroatoms. The van der Waals surface area contributed by atoms with Crippen LogP contribution in [0.5, 0.6) is 0 Å². The van der Waals surface area contributed by atoms with Crippen LogP contribution in [-0.4, -0.2) is 33.7 Å². The van der Waals surface area contributed by atoms with Gasteiger partial charge in [-0.1, -0.05) is 0 Å². The first-order valence-electron chi connectivity index (χ1n) is 3.64. The van der Waals surface area contributed by atoms with Crippen molar-refractivity contribution in [3.63, 3.8) is 0 Å². The van der Waals surface area contributed by atoms with E-state index in [0.717, 1.165) is 5.82 Å². The van der Waals surface area contributed by atoms with Gasteiger partial charge in [0.25, 0.3) is 0 Å². The lowest BCUT2D eigenvalue weighted by atomic mass is 10.4. The average molecular weight is 187 g/mol. The average Bonchev–Trinajstić information content (AvgIpc) is 2.58. The molecule has 1 aliphatic rings. The summed E-state index contributed by atoms with van der Waals surface area (Å²) < 4.78 is 4.01. The Bertz CT molecular complexity index is 278. The third kappa shape index (κ3) is 1.40. The fraction of sp³-hybridized carbons (Fsp3) is 0.667. The number of hydrogen-bond acceptors (Lipinski definition) is 6. The zero-order valence-electron chi connectivity index (χ0n) is 6.60. The van der Waals surface area contributed by atoms with Crippen LogP contribution in [0, 0.1) is 6.92 Å². The monoisotopic (exact) mass is 187 g/mol. The largest absolute Gasteiger partial charge is 0.389 e. The summed E-state index contributed by atoms with van der Waals surface area (Å²) in [5.41, 5.74) is 0. The Balaban J connectivity index is 2.11. The molecule has 1 aromatic heterocycles. The Morgan fingerprint density at radius 1 is 1.75 bits per heavy atom. The molecule has 0 aromatic carbocycles. The Morgan fingerprint density at radius 3 is 3.08 bits per heavy atom. The smallest absolute Gasteiger partial charge is 0.229 e. The van der Waals surface area contributed by atoms with Crippen LogP contribution in [0.1, 0.15) is 5.82 Å². The molecule has 2 heterocycles. The van der Waals surface area contributed by atoms with Crippen molar-refractivity contribution >= 4 is 16.7 Å². The molecule has 1 unspecified atom stereocenters. The van der Waals surface area contributed by atoms with E-state index in [1.54, 1.807) is 5.06 Å². The molecule has 1 N–H and O–H groups in total. The van der Waals surface area contributed by atoms with Crippen molar-refractivity contribution < 1.29 is 9.94 Å². The first kappa shape index (κ1) is 7.90. The second-order valence-electron chi connectivity index (χ2n) is 2.63. The number of nitrogens with zero attached hydrogens (tertiary/aromatic N) is 3. The standard InChI is InChI=1S/C6H9N3O2S/c1-4-7-6(12-8-4)9-2-5(10)3-11-9/h5,10H,2-3H2,1H3. The minimum absolute atomic E-state index is 0.346. The van der Waals surface area contributed by atoms with Gasteiger partial charge in [-0.2, -0.15) is 4.37 Å². The quantitative estimate of drug-likeness (QED) is 0.668. The van der Waals surface area contributed by atoms with Gasteiger partial charge in [-0.15, -0.1) is 0 Å². The summed E-state index contributed by atoms with van der Waals surface area (Å²) in [5, 5.41) is 11.4. The molecule has 5 nitrogen and oxygen atoms in total. The number of anilines is 1. The molecule has 0 aliphatic carbocycles. The predicted octanol–water partition coefficient (Wildman–Crippen LogP) is -0.0410. The summed E-state index contributed by atoms with van der Waals surface area (Å²) in [6.07, 6.45) is -0.408. The molecule has 0 saturated carbocycles. The molecule has 0 amide bonds. The number of hydroxylamine groups is 1. The lowest BCUT2D eigenvalue weighted by Crippen LogP contribution is -2.19. The van der Waals surface area contributed by atoms with Gasteiger partial charge in [0.15, 0.2) is 0 Å². The van der Waals surface area contributed by atoms with Gasteiger partial charge in [-0.25, -0.2) is 10.0 Å². The minimum atomic E-state index is -0.408. The molecule has 12 heavy (non-hydrogen) atoms. The first-order valence-corrected chi connectivity index (χ1v) is 4.42. The second kappa shape index (κ2) is 2.96. The van der Waals surface area contributed by atoms with E-state index >= 15 is 0 Å². The van der Waals surface area contributed by atoms with Crippen LogP contribution in [0.15, 0.2) is 0 Å². The van der Waals surface area contributed by atoms with E-state index in [-0.39, 0.29) is 0 Å². The number of aliphatic hydroxyl groups is 1. The molecule has 66 valence electrons. The first-order chi connectivity index (χ1) is 5.75. The van der Waals surface area contributed by atoms with Crippen LogP contribution in [0.3, 0.4) is 0 Å². The number of rotatable bonds is 1. The summed E-state index contributed by atoms with van der Waals surface area (Å²) in [6, 6.07) is 0. The second-order valence-corrected chi connectivity index (χ2v) is 3.37. The van der Waals surface area contributed by atoms with Crippen molar-refractivity contribution in [2.24, 2.45) is 0 Å². The molecule has 2 rings (SSSR count). The number of β-amino-alcohol motifs (C(OH)–C–C–N with tert-alkyl or cyclic N) is 1. The van der Waals surface area contributed by atoms with Crippen molar-refractivity contribution in [1.29, 1.82) is 0 Å². The molecule has 1 saturated heterocycles. The minimum Gasteiger partial charge on any atom is -0.389 e. The zero-order chi connectivity index (χ0) is 8.55. The maximum atomic E-state index is 9.16. The van der Waals surface area contributed by atoms with E-state index in [1.807, 2.05) is 6.92 Å². The fourth-order valence-electron chi connectivity index (χ4n) is 0.994. The highest BCUT2D eigenvalue weighted by molar-refractivity contribution is 7.09. The summed E-state index contributed by atoms with van der Waals surface area (Å²) in [4.78, 5) is 9.28. The van der Waals surface area contributed by atoms with Crippen molar-refractivity contribution in [1.82, 2.24) is 9.36 Å². The maximum Gasteiger partial charge on any atom is 0.229 e. The lowest BCUT2D eigenvalue weighted by Gasteiger charge is -2.09. The lowest BCUT2D eigenvalue weighted by molar-refractivity contribution is 0.116. The molecule has 1 aromatic rings. The van der Waals surface area contributed by atoms with Gasteiger partial charge in [-0.05, 0) is 6.92 Å². The van der Waals surface area contributed by atoms with E-state index in [2.05, 4.69) is 9.36 Å². The van der Waals surface area contributed by atoms with Crippen LogP contribution in [0.4, 0.5) is 5.13 Å².